The zero-order valence-electron chi connectivity index (χ0n) is 8.69. The van der Waals surface area contributed by atoms with Crippen molar-refractivity contribution in [2.45, 2.75) is 32.5 Å². The fourth-order valence-corrected chi connectivity index (χ4v) is 1.90. The van der Waals surface area contributed by atoms with Gasteiger partial charge in [-0.3, -0.25) is 9.58 Å². The van der Waals surface area contributed by atoms with Crippen LogP contribution in [0.25, 0.3) is 0 Å². The SMILES string of the molecule is CCn1ccc(CN2CC[C@H](N)C2)n1. The number of aryl methyl sites for hydroxylation is 1. The van der Waals surface area contributed by atoms with Gasteiger partial charge in [-0.2, -0.15) is 5.10 Å². The molecule has 0 unspecified atom stereocenters. The topological polar surface area (TPSA) is 47.1 Å². The molecule has 2 N–H and O–H groups in total. The van der Waals surface area contributed by atoms with Gasteiger partial charge in [-0.25, -0.2) is 0 Å². The van der Waals surface area contributed by atoms with Crippen LogP contribution in [0.5, 0.6) is 0 Å². The number of aromatic nitrogens is 2. The van der Waals surface area contributed by atoms with Crippen LogP contribution in [0.15, 0.2) is 12.3 Å². The lowest BCUT2D eigenvalue weighted by molar-refractivity contribution is 0.321. The molecule has 0 saturated carbocycles. The quantitative estimate of drug-likeness (QED) is 0.759. The third-order valence-electron chi connectivity index (χ3n) is 2.71. The number of nitrogens with two attached hydrogens (primary N) is 1. The summed E-state index contributed by atoms with van der Waals surface area (Å²) in [7, 11) is 0. The monoisotopic (exact) mass is 194 g/mol. The zero-order valence-corrected chi connectivity index (χ0v) is 8.69. The summed E-state index contributed by atoms with van der Waals surface area (Å²) in [5, 5.41) is 4.45. The Bertz CT molecular complexity index is 294. The Morgan fingerprint density at radius 2 is 2.50 bits per heavy atom. The Morgan fingerprint density at radius 1 is 1.64 bits per heavy atom. The maximum Gasteiger partial charge on any atom is 0.0764 e. The Labute approximate surface area is 84.7 Å². The summed E-state index contributed by atoms with van der Waals surface area (Å²) < 4.78 is 1.96. The van der Waals surface area contributed by atoms with Crippen molar-refractivity contribution in [2.24, 2.45) is 5.73 Å². The summed E-state index contributed by atoms with van der Waals surface area (Å²) in [6.45, 7) is 6.11. The van der Waals surface area contributed by atoms with Gasteiger partial charge in [-0.1, -0.05) is 0 Å². The van der Waals surface area contributed by atoms with Crippen molar-refractivity contribution < 1.29 is 0 Å². The largest absolute Gasteiger partial charge is 0.326 e. The molecule has 1 saturated heterocycles. The Kier molecular flexibility index (Phi) is 2.84. The van der Waals surface area contributed by atoms with Gasteiger partial charge < -0.3 is 5.73 Å². The summed E-state index contributed by atoms with van der Waals surface area (Å²) in [6, 6.07) is 2.45. The van der Waals surface area contributed by atoms with Gasteiger partial charge >= 0.3 is 0 Å². The minimum Gasteiger partial charge on any atom is -0.326 e. The first kappa shape index (κ1) is 9.68. The molecule has 1 aromatic rings. The Balaban J connectivity index is 1.90. The molecule has 78 valence electrons. The average molecular weight is 194 g/mol. The minimum absolute atomic E-state index is 0.364. The fraction of sp³-hybridized carbons (Fsp3) is 0.700. The fourth-order valence-electron chi connectivity index (χ4n) is 1.90. The number of hydrogen-bond acceptors (Lipinski definition) is 3. The van der Waals surface area contributed by atoms with E-state index in [1.54, 1.807) is 0 Å². The molecule has 0 amide bonds. The van der Waals surface area contributed by atoms with Gasteiger partial charge in [0.25, 0.3) is 0 Å². The van der Waals surface area contributed by atoms with E-state index in [1.807, 2.05) is 10.9 Å². The highest BCUT2D eigenvalue weighted by Gasteiger charge is 2.19. The predicted molar refractivity (Wildman–Crippen MR) is 55.8 cm³/mol. The lowest BCUT2D eigenvalue weighted by Gasteiger charge is -2.12. The molecule has 0 aromatic carbocycles. The van der Waals surface area contributed by atoms with E-state index < -0.39 is 0 Å². The van der Waals surface area contributed by atoms with Crippen molar-refractivity contribution in [3.63, 3.8) is 0 Å². The van der Waals surface area contributed by atoms with Gasteiger partial charge in [0.05, 0.1) is 5.69 Å². The predicted octanol–water partition coefficient (Wildman–Crippen LogP) is 0.436. The van der Waals surface area contributed by atoms with Crippen molar-refractivity contribution in [3.8, 4) is 0 Å². The molecule has 2 rings (SSSR count). The third-order valence-corrected chi connectivity index (χ3v) is 2.71. The molecule has 1 aliphatic rings. The van der Waals surface area contributed by atoms with E-state index >= 15 is 0 Å². The van der Waals surface area contributed by atoms with Gasteiger partial charge in [0, 0.05) is 38.4 Å². The van der Waals surface area contributed by atoms with Gasteiger partial charge in [-0.15, -0.1) is 0 Å². The highest BCUT2D eigenvalue weighted by molar-refractivity contribution is 4.99. The average Bonchev–Trinajstić information content (AvgIpc) is 2.76. The first-order chi connectivity index (χ1) is 6.78. The molecule has 4 heteroatoms. The van der Waals surface area contributed by atoms with E-state index in [-0.39, 0.29) is 0 Å². The Hall–Kier alpha value is -0.870. The maximum absolute atomic E-state index is 5.84. The molecule has 1 aliphatic heterocycles. The van der Waals surface area contributed by atoms with Gasteiger partial charge in [0.15, 0.2) is 0 Å². The van der Waals surface area contributed by atoms with Crippen molar-refractivity contribution in [3.05, 3.63) is 18.0 Å². The molecule has 0 aliphatic carbocycles. The van der Waals surface area contributed by atoms with Crippen LogP contribution >= 0.6 is 0 Å². The summed E-state index contributed by atoms with van der Waals surface area (Å²) >= 11 is 0. The molecule has 0 spiro atoms. The molecule has 0 radical (unpaired) electrons. The molecular formula is C10H18N4. The number of hydrogen-bond donors (Lipinski definition) is 1. The molecule has 14 heavy (non-hydrogen) atoms. The third kappa shape index (κ3) is 2.13. The molecule has 1 fully saturated rings. The van der Waals surface area contributed by atoms with E-state index in [0.717, 1.165) is 38.3 Å². The lowest BCUT2D eigenvalue weighted by atomic mass is 10.3. The first-order valence-electron chi connectivity index (χ1n) is 5.28. The number of rotatable bonds is 3. The Morgan fingerprint density at radius 3 is 3.07 bits per heavy atom. The molecule has 0 bridgehead atoms. The highest BCUT2D eigenvalue weighted by atomic mass is 15.3. The van der Waals surface area contributed by atoms with E-state index in [2.05, 4.69) is 23.0 Å². The van der Waals surface area contributed by atoms with Crippen LogP contribution in [-0.2, 0) is 13.1 Å². The maximum atomic E-state index is 5.84. The van der Waals surface area contributed by atoms with Gasteiger partial charge in [0.2, 0.25) is 0 Å². The van der Waals surface area contributed by atoms with Gasteiger partial charge in [0.1, 0.15) is 0 Å². The lowest BCUT2D eigenvalue weighted by Crippen LogP contribution is -2.26. The molecular weight excluding hydrogens is 176 g/mol. The van der Waals surface area contributed by atoms with E-state index in [0.29, 0.717) is 6.04 Å². The van der Waals surface area contributed by atoms with Crippen LogP contribution in [0.2, 0.25) is 0 Å². The van der Waals surface area contributed by atoms with Crippen LogP contribution in [0.4, 0.5) is 0 Å². The van der Waals surface area contributed by atoms with E-state index in [1.165, 1.54) is 0 Å². The van der Waals surface area contributed by atoms with Crippen molar-refractivity contribution in [1.29, 1.82) is 0 Å². The normalized spacial score (nSPS) is 23.1. The second kappa shape index (κ2) is 4.11. The summed E-state index contributed by atoms with van der Waals surface area (Å²) in [5.41, 5.74) is 7.00. The summed E-state index contributed by atoms with van der Waals surface area (Å²) in [6.07, 6.45) is 3.15. The van der Waals surface area contributed by atoms with Gasteiger partial charge in [-0.05, 0) is 19.4 Å². The molecule has 1 atom stereocenters. The van der Waals surface area contributed by atoms with Crippen LogP contribution < -0.4 is 5.73 Å². The number of likely N-dealkylation sites (tertiary alicyclic amines) is 1. The standard InChI is InChI=1S/C10H18N4/c1-2-14-6-4-10(12-14)8-13-5-3-9(11)7-13/h4,6,9H,2-3,5,7-8,11H2,1H3/t9-/m0/s1. The minimum atomic E-state index is 0.364. The van der Waals surface area contributed by atoms with E-state index in [4.69, 9.17) is 5.73 Å². The molecule has 2 heterocycles. The smallest absolute Gasteiger partial charge is 0.0764 e. The van der Waals surface area contributed by atoms with Crippen LogP contribution in [0.3, 0.4) is 0 Å². The summed E-state index contributed by atoms with van der Waals surface area (Å²) in [5.74, 6) is 0. The van der Waals surface area contributed by atoms with Crippen LogP contribution in [0.1, 0.15) is 19.0 Å². The van der Waals surface area contributed by atoms with Crippen LogP contribution in [0, 0.1) is 0 Å². The molecule has 1 aromatic heterocycles. The number of nitrogens with zero attached hydrogens (tertiary/aromatic N) is 3. The van der Waals surface area contributed by atoms with Crippen molar-refractivity contribution in [1.82, 2.24) is 14.7 Å². The first-order valence-corrected chi connectivity index (χ1v) is 5.28. The highest BCUT2D eigenvalue weighted by Crippen LogP contribution is 2.10. The van der Waals surface area contributed by atoms with E-state index in [9.17, 15) is 0 Å². The second-order valence-corrected chi connectivity index (χ2v) is 3.95. The second-order valence-electron chi connectivity index (χ2n) is 3.95. The van der Waals surface area contributed by atoms with Crippen molar-refractivity contribution in [2.75, 3.05) is 13.1 Å². The van der Waals surface area contributed by atoms with Crippen LogP contribution in [-0.4, -0.2) is 33.8 Å². The molecule has 4 nitrogen and oxygen atoms in total. The zero-order chi connectivity index (χ0) is 9.97. The van der Waals surface area contributed by atoms with Crippen molar-refractivity contribution >= 4 is 0 Å². The summed E-state index contributed by atoms with van der Waals surface area (Å²) in [4.78, 5) is 2.37.